The van der Waals surface area contributed by atoms with Gasteiger partial charge in [0.1, 0.15) is 11.1 Å². The van der Waals surface area contributed by atoms with E-state index >= 15 is 0 Å². The molecule has 0 aliphatic rings. The number of aromatic nitrogens is 2. The van der Waals surface area contributed by atoms with Crippen molar-refractivity contribution in [3.63, 3.8) is 0 Å². The highest BCUT2D eigenvalue weighted by Gasteiger charge is 2.19. The predicted octanol–water partition coefficient (Wildman–Crippen LogP) is 1.65. The van der Waals surface area contributed by atoms with Crippen molar-refractivity contribution < 1.29 is 14.6 Å². The van der Waals surface area contributed by atoms with Crippen molar-refractivity contribution >= 4 is 17.0 Å². The van der Waals surface area contributed by atoms with Crippen LogP contribution in [0.5, 0.6) is 5.75 Å². The number of methoxy groups -OCH3 is 1. The van der Waals surface area contributed by atoms with Gasteiger partial charge in [-0.3, -0.25) is 4.98 Å². The van der Waals surface area contributed by atoms with Crippen LogP contribution in [0.15, 0.2) is 18.3 Å². The van der Waals surface area contributed by atoms with Crippen LogP contribution in [0.25, 0.3) is 11.0 Å². The Morgan fingerprint density at radius 3 is 2.88 bits per heavy atom. The lowest BCUT2D eigenvalue weighted by Crippen LogP contribution is -2.06. The minimum Gasteiger partial charge on any atom is -0.494 e. The standard InChI is InChI=1S/C11H10N2O3/c1-6-10(16-2)8(11(14)15)9-7(13-6)4-3-5-12-9/h3-5H,1-2H3,(H,14,15). The van der Waals surface area contributed by atoms with Crippen LogP contribution in [-0.4, -0.2) is 28.2 Å². The Bertz CT molecular complexity index is 566. The third-order valence-electron chi connectivity index (χ3n) is 2.29. The van der Waals surface area contributed by atoms with Gasteiger partial charge >= 0.3 is 5.97 Å². The van der Waals surface area contributed by atoms with Crippen LogP contribution in [0.2, 0.25) is 0 Å². The second-order valence-electron chi connectivity index (χ2n) is 3.28. The molecular weight excluding hydrogens is 208 g/mol. The fourth-order valence-corrected chi connectivity index (χ4v) is 1.65. The Morgan fingerprint density at radius 1 is 1.50 bits per heavy atom. The van der Waals surface area contributed by atoms with Gasteiger partial charge in [-0.2, -0.15) is 0 Å². The number of hydrogen-bond acceptors (Lipinski definition) is 4. The monoisotopic (exact) mass is 218 g/mol. The largest absolute Gasteiger partial charge is 0.494 e. The molecule has 2 aromatic rings. The van der Waals surface area contributed by atoms with Gasteiger partial charge in [0.05, 0.1) is 18.3 Å². The number of carboxylic acid groups (broad SMARTS) is 1. The van der Waals surface area contributed by atoms with Crippen LogP contribution in [0.1, 0.15) is 16.1 Å². The third-order valence-corrected chi connectivity index (χ3v) is 2.29. The molecule has 0 saturated heterocycles. The van der Waals surface area contributed by atoms with E-state index in [1.807, 2.05) is 0 Å². The minimum atomic E-state index is -1.06. The van der Waals surface area contributed by atoms with Crippen LogP contribution >= 0.6 is 0 Å². The molecule has 0 atom stereocenters. The molecule has 0 aromatic carbocycles. The summed E-state index contributed by atoms with van der Waals surface area (Å²) in [5.41, 5.74) is 1.50. The molecule has 0 unspecified atom stereocenters. The number of nitrogens with zero attached hydrogens (tertiary/aromatic N) is 2. The lowest BCUT2D eigenvalue weighted by Gasteiger charge is -2.09. The molecule has 0 aliphatic carbocycles. The Morgan fingerprint density at radius 2 is 2.25 bits per heavy atom. The van der Waals surface area contributed by atoms with Crippen molar-refractivity contribution in [2.45, 2.75) is 6.92 Å². The summed E-state index contributed by atoms with van der Waals surface area (Å²) in [5, 5.41) is 9.17. The van der Waals surface area contributed by atoms with Crippen molar-refractivity contribution in [3.05, 3.63) is 29.6 Å². The summed E-state index contributed by atoms with van der Waals surface area (Å²) in [6.45, 7) is 1.71. The average Bonchev–Trinajstić information content (AvgIpc) is 2.26. The second kappa shape index (κ2) is 3.77. The lowest BCUT2D eigenvalue weighted by atomic mass is 10.1. The maximum Gasteiger partial charge on any atom is 0.341 e. The molecule has 0 fully saturated rings. The number of hydrogen-bond donors (Lipinski definition) is 1. The predicted molar refractivity (Wildman–Crippen MR) is 57.8 cm³/mol. The molecule has 2 aromatic heterocycles. The van der Waals surface area contributed by atoms with E-state index in [9.17, 15) is 9.90 Å². The number of pyridine rings is 2. The lowest BCUT2D eigenvalue weighted by molar-refractivity contribution is 0.0695. The van der Waals surface area contributed by atoms with E-state index in [4.69, 9.17) is 4.74 Å². The van der Waals surface area contributed by atoms with Gasteiger partial charge in [0.15, 0.2) is 5.75 Å². The Balaban J connectivity index is 2.93. The van der Waals surface area contributed by atoms with Crippen molar-refractivity contribution in [2.24, 2.45) is 0 Å². The van der Waals surface area contributed by atoms with Crippen LogP contribution in [0, 0.1) is 6.92 Å². The number of rotatable bonds is 2. The molecule has 16 heavy (non-hydrogen) atoms. The first-order valence-corrected chi connectivity index (χ1v) is 4.67. The molecule has 82 valence electrons. The second-order valence-corrected chi connectivity index (χ2v) is 3.28. The molecule has 5 nitrogen and oxygen atoms in total. The molecule has 0 spiro atoms. The highest BCUT2D eigenvalue weighted by molar-refractivity contribution is 6.03. The topological polar surface area (TPSA) is 72.3 Å². The smallest absolute Gasteiger partial charge is 0.341 e. The molecule has 5 heteroatoms. The van der Waals surface area contributed by atoms with Gasteiger partial charge in [-0.05, 0) is 19.1 Å². The number of aromatic carboxylic acids is 1. The van der Waals surface area contributed by atoms with E-state index in [-0.39, 0.29) is 11.3 Å². The molecular formula is C11H10N2O3. The highest BCUT2D eigenvalue weighted by Crippen LogP contribution is 2.27. The molecule has 0 radical (unpaired) electrons. The summed E-state index contributed by atoms with van der Waals surface area (Å²) in [5.74, 6) is -0.801. The van der Waals surface area contributed by atoms with Crippen molar-refractivity contribution in [3.8, 4) is 5.75 Å². The van der Waals surface area contributed by atoms with Gasteiger partial charge in [0.2, 0.25) is 0 Å². The normalized spacial score (nSPS) is 10.4. The van der Waals surface area contributed by atoms with Crippen LogP contribution in [0.4, 0.5) is 0 Å². The molecule has 1 N–H and O–H groups in total. The third kappa shape index (κ3) is 1.46. The maximum absolute atomic E-state index is 11.2. The van der Waals surface area contributed by atoms with Crippen molar-refractivity contribution in [2.75, 3.05) is 7.11 Å². The van der Waals surface area contributed by atoms with Crippen LogP contribution < -0.4 is 4.74 Å². The summed E-state index contributed by atoms with van der Waals surface area (Å²) in [7, 11) is 1.42. The number of ether oxygens (including phenoxy) is 1. The first kappa shape index (κ1) is 10.4. The zero-order valence-corrected chi connectivity index (χ0v) is 8.89. The van der Waals surface area contributed by atoms with Crippen LogP contribution in [-0.2, 0) is 0 Å². The molecule has 0 aliphatic heterocycles. The van der Waals surface area contributed by atoms with Gasteiger partial charge < -0.3 is 9.84 Å². The summed E-state index contributed by atoms with van der Waals surface area (Å²) in [6, 6.07) is 3.44. The summed E-state index contributed by atoms with van der Waals surface area (Å²) >= 11 is 0. The van der Waals surface area contributed by atoms with Gasteiger partial charge in [0, 0.05) is 6.20 Å². The molecule has 0 amide bonds. The van der Waals surface area contributed by atoms with E-state index < -0.39 is 5.97 Å². The highest BCUT2D eigenvalue weighted by atomic mass is 16.5. The van der Waals surface area contributed by atoms with Crippen molar-refractivity contribution in [1.29, 1.82) is 0 Å². The van der Waals surface area contributed by atoms with Gasteiger partial charge in [-0.15, -0.1) is 0 Å². The number of aryl methyl sites for hydroxylation is 1. The average molecular weight is 218 g/mol. The summed E-state index contributed by atoms with van der Waals surface area (Å²) < 4.78 is 5.06. The van der Waals surface area contributed by atoms with Gasteiger partial charge in [-0.25, -0.2) is 9.78 Å². The first-order valence-electron chi connectivity index (χ1n) is 4.67. The first-order chi connectivity index (χ1) is 7.65. The molecule has 0 saturated carbocycles. The fraction of sp³-hybridized carbons (Fsp3) is 0.182. The number of carbonyl (C=O) groups is 1. The minimum absolute atomic E-state index is 0.0607. The Labute approximate surface area is 91.7 Å². The van der Waals surface area contributed by atoms with Crippen LogP contribution in [0.3, 0.4) is 0 Å². The zero-order chi connectivity index (χ0) is 11.7. The molecule has 2 rings (SSSR count). The van der Waals surface area contributed by atoms with Gasteiger partial charge in [0.25, 0.3) is 0 Å². The molecule has 2 heterocycles. The Kier molecular flexibility index (Phi) is 2.44. The van der Waals surface area contributed by atoms with E-state index in [1.54, 1.807) is 19.1 Å². The number of carboxylic acids is 1. The van der Waals surface area contributed by atoms with Gasteiger partial charge in [-0.1, -0.05) is 0 Å². The zero-order valence-electron chi connectivity index (χ0n) is 8.89. The van der Waals surface area contributed by atoms with E-state index in [0.717, 1.165) is 0 Å². The SMILES string of the molecule is COc1c(C)nc2cccnc2c1C(=O)O. The maximum atomic E-state index is 11.2. The quantitative estimate of drug-likeness (QED) is 0.829. The summed E-state index contributed by atoms with van der Waals surface area (Å²) in [6.07, 6.45) is 1.53. The molecule has 0 bridgehead atoms. The fourth-order valence-electron chi connectivity index (χ4n) is 1.65. The Hall–Kier alpha value is -2.17. The number of fused-ring (bicyclic) bond motifs is 1. The van der Waals surface area contributed by atoms with E-state index in [0.29, 0.717) is 16.7 Å². The van der Waals surface area contributed by atoms with E-state index in [2.05, 4.69) is 9.97 Å². The summed E-state index contributed by atoms with van der Waals surface area (Å²) in [4.78, 5) is 19.5. The van der Waals surface area contributed by atoms with E-state index in [1.165, 1.54) is 13.3 Å². The van der Waals surface area contributed by atoms with Crippen molar-refractivity contribution in [1.82, 2.24) is 9.97 Å².